The van der Waals surface area contributed by atoms with Gasteiger partial charge in [0.25, 0.3) is 0 Å². The molecule has 2 heterocycles. The lowest BCUT2D eigenvalue weighted by Crippen LogP contribution is -2.40. The molecule has 2 fully saturated rings. The Morgan fingerprint density at radius 2 is 1.82 bits per heavy atom. The number of hydrogen-bond donors (Lipinski definition) is 1. The highest BCUT2D eigenvalue weighted by Gasteiger charge is 2.27. The van der Waals surface area contributed by atoms with E-state index >= 15 is 0 Å². The SMILES string of the molecule is Fc1ccc(C2CCNCC2OCc2cc(OCCC3OCCO3)c3ccccc3c2)cc1. The molecule has 0 spiro atoms. The molecule has 33 heavy (non-hydrogen) atoms. The van der Waals surface area contributed by atoms with Crippen molar-refractivity contribution in [2.45, 2.75) is 37.8 Å². The number of rotatable bonds is 8. The minimum absolute atomic E-state index is 0.0247. The summed E-state index contributed by atoms with van der Waals surface area (Å²) in [6.07, 6.45) is 1.51. The molecule has 3 aromatic rings. The highest BCUT2D eigenvalue weighted by atomic mass is 19.1. The Kier molecular flexibility index (Phi) is 7.17. The average molecular weight is 452 g/mol. The van der Waals surface area contributed by atoms with Gasteiger partial charge < -0.3 is 24.3 Å². The van der Waals surface area contributed by atoms with Gasteiger partial charge in [-0.05, 0) is 53.7 Å². The summed E-state index contributed by atoms with van der Waals surface area (Å²) < 4.78 is 37.0. The predicted molar refractivity (Wildman–Crippen MR) is 125 cm³/mol. The number of piperidine rings is 1. The Bertz CT molecular complexity index is 1050. The van der Waals surface area contributed by atoms with Crippen LogP contribution < -0.4 is 10.1 Å². The molecule has 0 aliphatic carbocycles. The third-order valence-corrected chi connectivity index (χ3v) is 6.37. The molecule has 0 bridgehead atoms. The topological polar surface area (TPSA) is 49.0 Å². The van der Waals surface area contributed by atoms with Gasteiger partial charge in [-0.3, -0.25) is 0 Å². The fraction of sp³-hybridized carbons (Fsp3) is 0.407. The van der Waals surface area contributed by atoms with E-state index in [-0.39, 0.29) is 24.1 Å². The van der Waals surface area contributed by atoms with Gasteiger partial charge >= 0.3 is 0 Å². The second-order valence-corrected chi connectivity index (χ2v) is 8.62. The Balaban J connectivity index is 1.28. The van der Waals surface area contributed by atoms with E-state index in [9.17, 15) is 4.39 Å². The molecule has 2 saturated heterocycles. The normalized spacial score (nSPS) is 21.5. The standard InChI is InChI=1S/C27H30FNO4/c28-22-7-5-20(6-8-22)24-9-11-29-17-26(24)33-18-19-15-21-3-1-2-4-23(21)25(16-19)30-12-10-27-31-13-14-32-27/h1-8,15-16,24,26-27,29H,9-14,17-18H2. The first-order valence-corrected chi connectivity index (χ1v) is 11.7. The van der Waals surface area contributed by atoms with E-state index in [1.54, 1.807) is 0 Å². The molecule has 0 radical (unpaired) electrons. The van der Waals surface area contributed by atoms with Crippen LogP contribution in [0.1, 0.15) is 29.9 Å². The number of halogens is 1. The maximum atomic E-state index is 13.4. The summed E-state index contributed by atoms with van der Waals surface area (Å²) in [5.41, 5.74) is 2.20. The summed E-state index contributed by atoms with van der Waals surface area (Å²) in [5.74, 6) is 0.885. The van der Waals surface area contributed by atoms with Crippen molar-refractivity contribution in [3.05, 3.63) is 77.6 Å². The summed E-state index contributed by atoms with van der Waals surface area (Å²) in [6, 6.07) is 19.3. The van der Waals surface area contributed by atoms with Gasteiger partial charge in [0, 0.05) is 24.3 Å². The summed E-state index contributed by atoms with van der Waals surface area (Å²) in [5, 5.41) is 5.64. The van der Waals surface area contributed by atoms with Crippen LogP contribution in [-0.2, 0) is 20.8 Å². The maximum absolute atomic E-state index is 13.4. The van der Waals surface area contributed by atoms with Crippen molar-refractivity contribution >= 4 is 10.8 Å². The molecule has 2 atom stereocenters. The van der Waals surface area contributed by atoms with Crippen LogP contribution in [0.15, 0.2) is 60.7 Å². The Morgan fingerprint density at radius 3 is 2.67 bits per heavy atom. The first-order valence-electron chi connectivity index (χ1n) is 11.7. The van der Waals surface area contributed by atoms with Crippen LogP contribution in [0.4, 0.5) is 4.39 Å². The maximum Gasteiger partial charge on any atom is 0.161 e. The lowest BCUT2D eigenvalue weighted by Gasteiger charge is -2.32. The molecule has 3 aromatic carbocycles. The van der Waals surface area contributed by atoms with Crippen LogP contribution in [0.25, 0.3) is 10.8 Å². The van der Waals surface area contributed by atoms with Gasteiger partial charge in [-0.15, -0.1) is 0 Å². The molecule has 2 unspecified atom stereocenters. The summed E-state index contributed by atoms with van der Waals surface area (Å²) in [7, 11) is 0. The summed E-state index contributed by atoms with van der Waals surface area (Å²) in [4.78, 5) is 0. The van der Waals surface area contributed by atoms with E-state index in [0.717, 1.165) is 47.2 Å². The highest BCUT2D eigenvalue weighted by molar-refractivity contribution is 5.89. The zero-order chi connectivity index (χ0) is 22.5. The summed E-state index contributed by atoms with van der Waals surface area (Å²) >= 11 is 0. The van der Waals surface area contributed by atoms with Crippen LogP contribution in [0, 0.1) is 5.82 Å². The Morgan fingerprint density at radius 1 is 1.00 bits per heavy atom. The number of nitrogens with one attached hydrogen (secondary N) is 1. The molecule has 5 nitrogen and oxygen atoms in total. The third-order valence-electron chi connectivity index (χ3n) is 6.37. The van der Waals surface area contributed by atoms with Crippen molar-refractivity contribution in [1.29, 1.82) is 0 Å². The summed E-state index contributed by atoms with van der Waals surface area (Å²) in [6.45, 7) is 4.02. The van der Waals surface area contributed by atoms with Crippen LogP contribution in [0.2, 0.25) is 0 Å². The number of ether oxygens (including phenoxy) is 4. The number of benzene rings is 3. The first-order chi connectivity index (χ1) is 16.3. The third kappa shape index (κ3) is 5.53. The van der Waals surface area contributed by atoms with Gasteiger partial charge in [-0.1, -0.05) is 36.4 Å². The zero-order valence-electron chi connectivity index (χ0n) is 18.7. The molecule has 2 aliphatic heterocycles. The van der Waals surface area contributed by atoms with E-state index in [2.05, 4.69) is 29.6 Å². The second kappa shape index (κ2) is 10.6. The minimum atomic E-state index is -0.208. The molecular formula is C27H30FNO4. The smallest absolute Gasteiger partial charge is 0.161 e. The molecule has 2 aliphatic rings. The Hall–Kier alpha value is -2.51. The van der Waals surface area contributed by atoms with Crippen molar-refractivity contribution in [2.24, 2.45) is 0 Å². The Labute approximate surface area is 193 Å². The molecule has 0 aromatic heterocycles. The van der Waals surface area contributed by atoms with Gasteiger partial charge in [0.05, 0.1) is 32.5 Å². The second-order valence-electron chi connectivity index (χ2n) is 8.62. The quantitative estimate of drug-likeness (QED) is 0.534. The minimum Gasteiger partial charge on any atom is -0.493 e. The lowest BCUT2D eigenvalue weighted by molar-refractivity contribution is -0.0530. The number of hydrogen-bond acceptors (Lipinski definition) is 5. The molecule has 5 rings (SSSR count). The first kappa shape index (κ1) is 22.3. The van der Waals surface area contributed by atoms with Crippen molar-refractivity contribution < 1.29 is 23.3 Å². The van der Waals surface area contributed by atoms with E-state index in [4.69, 9.17) is 18.9 Å². The predicted octanol–water partition coefficient (Wildman–Crippen LogP) is 4.78. The van der Waals surface area contributed by atoms with Crippen molar-refractivity contribution in [3.8, 4) is 5.75 Å². The van der Waals surface area contributed by atoms with E-state index in [1.807, 2.05) is 24.3 Å². The van der Waals surface area contributed by atoms with Crippen molar-refractivity contribution in [3.63, 3.8) is 0 Å². The van der Waals surface area contributed by atoms with Crippen LogP contribution in [-0.4, -0.2) is 45.3 Å². The molecule has 174 valence electrons. The molecule has 0 amide bonds. The van der Waals surface area contributed by atoms with E-state index in [1.165, 1.54) is 12.1 Å². The molecule has 1 N–H and O–H groups in total. The van der Waals surface area contributed by atoms with E-state index in [0.29, 0.717) is 32.8 Å². The highest BCUT2D eigenvalue weighted by Crippen LogP contribution is 2.31. The van der Waals surface area contributed by atoms with Gasteiger partial charge in [-0.25, -0.2) is 4.39 Å². The monoisotopic (exact) mass is 451 g/mol. The fourth-order valence-corrected chi connectivity index (χ4v) is 4.68. The van der Waals surface area contributed by atoms with Gasteiger partial charge in [0.2, 0.25) is 0 Å². The van der Waals surface area contributed by atoms with Gasteiger partial charge in [0.15, 0.2) is 6.29 Å². The van der Waals surface area contributed by atoms with Crippen molar-refractivity contribution in [1.82, 2.24) is 5.32 Å². The van der Waals surface area contributed by atoms with Gasteiger partial charge in [0.1, 0.15) is 11.6 Å². The number of fused-ring (bicyclic) bond motifs is 1. The van der Waals surface area contributed by atoms with Crippen molar-refractivity contribution in [2.75, 3.05) is 32.9 Å². The average Bonchev–Trinajstić information content (AvgIpc) is 3.37. The lowest BCUT2D eigenvalue weighted by atomic mass is 9.88. The fourth-order valence-electron chi connectivity index (χ4n) is 4.68. The zero-order valence-corrected chi connectivity index (χ0v) is 18.7. The molecular weight excluding hydrogens is 421 g/mol. The van der Waals surface area contributed by atoms with Gasteiger partial charge in [-0.2, -0.15) is 0 Å². The van der Waals surface area contributed by atoms with Crippen LogP contribution in [0.5, 0.6) is 5.75 Å². The van der Waals surface area contributed by atoms with Crippen LogP contribution >= 0.6 is 0 Å². The van der Waals surface area contributed by atoms with E-state index < -0.39 is 0 Å². The molecule has 0 saturated carbocycles. The largest absolute Gasteiger partial charge is 0.493 e. The van der Waals surface area contributed by atoms with Crippen LogP contribution in [0.3, 0.4) is 0 Å². The molecule has 6 heteroatoms.